The molecule has 1 atom stereocenters. The number of thioether (sulfide) groups is 1. The highest BCUT2D eigenvalue weighted by Crippen LogP contribution is 2.20. The van der Waals surface area contributed by atoms with Crippen molar-refractivity contribution in [3.8, 4) is 0 Å². The number of nitrogens with one attached hydrogen (secondary N) is 2. The van der Waals surface area contributed by atoms with Gasteiger partial charge >= 0.3 is 0 Å². The van der Waals surface area contributed by atoms with Crippen LogP contribution in [0, 0.1) is 0 Å². The van der Waals surface area contributed by atoms with Crippen LogP contribution in [0.2, 0.25) is 0 Å². The fourth-order valence-corrected chi connectivity index (χ4v) is 3.54. The molecule has 1 aromatic rings. The molecule has 102 valence electrons. The number of sulfonamides is 1. The summed E-state index contributed by atoms with van der Waals surface area (Å²) in [6.45, 7) is 1.85. The van der Waals surface area contributed by atoms with Gasteiger partial charge in [-0.25, -0.2) is 13.1 Å². The molecule has 0 aliphatic rings. The van der Waals surface area contributed by atoms with Gasteiger partial charge in [0.1, 0.15) is 4.90 Å². The Morgan fingerprint density at radius 3 is 2.67 bits per heavy atom. The van der Waals surface area contributed by atoms with Crippen molar-refractivity contribution in [1.29, 1.82) is 0 Å². The zero-order valence-corrected chi connectivity index (χ0v) is 12.1. The lowest BCUT2D eigenvalue weighted by Gasteiger charge is -2.15. The van der Waals surface area contributed by atoms with Crippen LogP contribution in [0.5, 0.6) is 0 Å². The van der Waals surface area contributed by atoms with Crippen LogP contribution in [0.1, 0.15) is 13.3 Å². The van der Waals surface area contributed by atoms with E-state index in [0.717, 1.165) is 12.2 Å². The van der Waals surface area contributed by atoms with Gasteiger partial charge < -0.3 is 5.43 Å². The van der Waals surface area contributed by atoms with E-state index in [1.807, 2.05) is 13.2 Å². The van der Waals surface area contributed by atoms with Gasteiger partial charge in [-0.05, 0) is 37.5 Å². The van der Waals surface area contributed by atoms with Gasteiger partial charge in [-0.1, -0.05) is 12.1 Å². The Morgan fingerprint density at radius 2 is 2.06 bits per heavy atom. The predicted molar refractivity (Wildman–Crippen MR) is 77.0 cm³/mol. The van der Waals surface area contributed by atoms with Gasteiger partial charge in [0, 0.05) is 6.04 Å². The summed E-state index contributed by atoms with van der Waals surface area (Å²) >= 11 is 1.69. The van der Waals surface area contributed by atoms with E-state index in [-0.39, 0.29) is 10.9 Å². The van der Waals surface area contributed by atoms with E-state index in [0.29, 0.717) is 5.69 Å². The Labute approximate surface area is 113 Å². The number of hydrogen-bond donors (Lipinski definition) is 3. The second-order valence-corrected chi connectivity index (χ2v) is 6.61. The second kappa shape index (κ2) is 6.98. The lowest BCUT2D eigenvalue weighted by molar-refractivity contribution is 0.557. The number of nitrogen functional groups attached to an aromatic ring is 1. The van der Waals surface area contributed by atoms with Gasteiger partial charge in [-0.3, -0.25) is 5.84 Å². The van der Waals surface area contributed by atoms with Crippen molar-refractivity contribution < 1.29 is 8.42 Å². The topological polar surface area (TPSA) is 84.2 Å². The van der Waals surface area contributed by atoms with Crippen LogP contribution in [0.4, 0.5) is 5.69 Å². The molecule has 1 unspecified atom stereocenters. The maximum absolute atomic E-state index is 12.2. The molecule has 0 aliphatic carbocycles. The highest BCUT2D eigenvalue weighted by atomic mass is 32.2. The van der Waals surface area contributed by atoms with E-state index >= 15 is 0 Å². The fraction of sp³-hybridized carbons (Fsp3) is 0.455. The molecule has 18 heavy (non-hydrogen) atoms. The molecule has 0 radical (unpaired) electrons. The number of anilines is 1. The van der Waals surface area contributed by atoms with Crippen LogP contribution < -0.4 is 16.0 Å². The molecule has 1 rings (SSSR count). The molecule has 7 heteroatoms. The van der Waals surface area contributed by atoms with E-state index in [9.17, 15) is 8.42 Å². The molecule has 0 fully saturated rings. The summed E-state index contributed by atoms with van der Waals surface area (Å²) in [4.78, 5) is 0.170. The average molecular weight is 289 g/mol. The van der Waals surface area contributed by atoms with Crippen molar-refractivity contribution in [3.05, 3.63) is 24.3 Å². The Hall–Kier alpha value is -0.760. The molecule has 0 saturated carbocycles. The highest BCUT2D eigenvalue weighted by Gasteiger charge is 2.19. The van der Waals surface area contributed by atoms with Crippen molar-refractivity contribution in [2.24, 2.45) is 5.84 Å². The largest absolute Gasteiger partial charge is 0.323 e. The Morgan fingerprint density at radius 1 is 1.39 bits per heavy atom. The molecule has 0 amide bonds. The van der Waals surface area contributed by atoms with Crippen LogP contribution in [0.3, 0.4) is 0 Å². The number of benzene rings is 1. The highest BCUT2D eigenvalue weighted by molar-refractivity contribution is 7.98. The Balaban J connectivity index is 2.86. The lowest BCUT2D eigenvalue weighted by atomic mass is 10.3. The summed E-state index contributed by atoms with van der Waals surface area (Å²) in [5, 5.41) is 0. The molecule has 1 aromatic carbocycles. The van der Waals surface area contributed by atoms with Crippen LogP contribution >= 0.6 is 11.8 Å². The fourth-order valence-electron chi connectivity index (χ4n) is 1.50. The maximum atomic E-state index is 12.2. The summed E-state index contributed by atoms with van der Waals surface area (Å²) in [5.74, 6) is 6.23. The van der Waals surface area contributed by atoms with Crippen molar-refractivity contribution >= 4 is 27.5 Å². The lowest BCUT2D eigenvalue weighted by Crippen LogP contribution is -2.33. The maximum Gasteiger partial charge on any atom is 0.242 e. The first kappa shape index (κ1) is 15.3. The van der Waals surface area contributed by atoms with E-state index < -0.39 is 10.0 Å². The smallest absolute Gasteiger partial charge is 0.242 e. The van der Waals surface area contributed by atoms with Gasteiger partial charge in [-0.2, -0.15) is 11.8 Å². The summed E-state index contributed by atoms with van der Waals surface area (Å²) in [7, 11) is -3.53. The van der Waals surface area contributed by atoms with E-state index in [4.69, 9.17) is 5.84 Å². The molecule has 4 N–H and O–H groups in total. The predicted octanol–water partition coefficient (Wildman–Crippen LogP) is 1.39. The summed E-state index contributed by atoms with van der Waals surface area (Å²) < 4.78 is 27.0. The van der Waals surface area contributed by atoms with E-state index in [1.165, 1.54) is 6.07 Å². The standard InChI is InChI=1S/C11H19N3O2S2/c1-9(7-8-17-2)14-18(15,16)11-6-4-3-5-10(11)13-12/h3-6,9,13-14H,7-8,12H2,1-2H3. The summed E-state index contributed by atoms with van der Waals surface area (Å²) in [6, 6.07) is 6.45. The molecule has 0 aromatic heterocycles. The number of rotatable bonds is 7. The molecule has 0 spiro atoms. The first-order chi connectivity index (χ1) is 8.51. The van der Waals surface area contributed by atoms with Crippen LogP contribution in [0.15, 0.2) is 29.2 Å². The van der Waals surface area contributed by atoms with Gasteiger partial charge in [0.15, 0.2) is 0 Å². The molecule has 0 heterocycles. The van der Waals surface area contributed by atoms with Crippen molar-refractivity contribution in [3.63, 3.8) is 0 Å². The monoisotopic (exact) mass is 289 g/mol. The Bertz CT molecular complexity index is 477. The van der Waals surface area contributed by atoms with Gasteiger partial charge in [0.2, 0.25) is 10.0 Å². The molecular formula is C11H19N3O2S2. The summed E-state index contributed by atoms with van der Waals surface area (Å²) in [5.41, 5.74) is 2.79. The zero-order valence-electron chi connectivity index (χ0n) is 10.5. The number of para-hydroxylation sites is 1. The minimum absolute atomic E-state index is 0.103. The van der Waals surface area contributed by atoms with E-state index in [2.05, 4.69) is 10.1 Å². The van der Waals surface area contributed by atoms with Crippen molar-refractivity contribution in [2.75, 3.05) is 17.4 Å². The van der Waals surface area contributed by atoms with E-state index in [1.54, 1.807) is 30.0 Å². The minimum atomic E-state index is -3.53. The summed E-state index contributed by atoms with van der Waals surface area (Å²) in [6.07, 6.45) is 2.79. The van der Waals surface area contributed by atoms with Crippen molar-refractivity contribution in [2.45, 2.75) is 24.3 Å². The van der Waals surface area contributed by atoms with Gasteiger partial charge in [0.25, 0.3) is 0 Å². The minimum Gasteiger partial charge on any atom is -0.323 e. The molecule has 0 saturated heterocycles. The van der Waals surface area contributed by atoms with Crippen LogP contribution in [-0.4, -0.2) is 26.5 Å². The molecule has 0 aliphatic heterocycles. The third kappa shape index (κ3) is 4.16. The molecular weight excluding hydrogens is 270 g/mol. The third-order valence-electron chi connectivity index (χ3n) is 2.44. The van der Waals surface area contributed by atoms with Crippen molar-refractivity contribution in [1.82, 2.24) is 4.72 Å². The zero-order chi connectivity index (χ0) is 13.6. The normalized spacial score (nSPS) is 13.3. The number of nitrogens with two attached hydrogens (primary N) is 1. The second-order valence-electron chi connectivity index (χ2n) is 3.94. The van der Waals surface area contributed by atoms with Gasteiger partial charge in [-0.15, -0.1) is 0 Å². The first-order valence-electron chi connectivity index (χ1n) is 5.58. The van der Waals surface area contributed by atoms with Gasteiger partial charge in [0.05, 0.1) is 5.69 Å². The number of hydrazine groups is 1. The molecule has 5 nitrogen and oxygen atoms in total. The SMILES string of the molecule is CSCCC(C)NS(=O)(=O)c1ccccc1NN. The number of hydrogen-bond acceptors (Lipinski definition) is 5. The van der Waals surface area contributed by atoms with Crippen LogP contribution in [0.25, 0.3) is 0 Å². The first-order valence-corrected chi connectivity index (χ1v) is 8.46. The quantitative estimate of drug-likeness (QED) is 0.522. The molecule has 0 bridgehead atoms. The Kier molecular flexibility index (Phi) is 5.94. The van der Waals surface area contributed by atoms with Crippen LogP contribution in [-0.2, 0) is 10.0 Å². The average Bonchev–Trinajstić information content (AvgIpc) is 2.35. The third-order valence-corrected chi connectivity index (χ3v) is 4.74.